The van der Waals surface area contributed by atoms with Crippen LogP contribution in [0.25, 0.3) is 0 Å². The number of nitrogens with zero attached hydrogens (tertiary/aromatic N) is 1. The van der Waals surface area contributed by atoms with Gasteiger partial charge in [0.25, 0.3) is 0 Å². The maximum absolute atomic E-state index is 12.3. The first-order chi connectivity index (χ1) is 10.1. The van der Waals surface area contributed by atoms with Gasteiger partial charge in [-0.05, 0) is 26.7 Å². The van der Waals surface area contributed by atoms with Crippen molar-refractivity contribution in [2.24, 2.45) is 0 Å². The summed E-state index contributed by atoms with van der Waals surface area (Å²) in [6, 6.07) is 0.126. The molecule has 0 saturated heterocycles. The van der Waals surface area contributed by atoms with Gasteiger partial charge in [0.15, 0.2) is 0 Å². The molecule has 0 heterocycles. The smallest absolute Gasteiger partial charge is 0.315 e. The molecule has 1 aliphatic carbocycles. The highest BCUT2D eigenvalue weighted by Crippen LogP contribution is 2.24. The van der Waals surface area contributed by atoms with Crippen LogP contribution in [0.5, 0.6) is 0 Å². The summed E-state index contributed by atoms with van der Waals surface area (Å²) < 4.78 is 9.70. The van der Waals surface area contributed by atoms with Gasteiger partial charge in [0, 0.05) is 12.6 Å². The van der Waals surface area contributed by atoms with E-state index in [1.54, 1.807) is 18.7 Å². The minimum Gasteiger partial charge on any atom is -0.466 e. The first kappa shape index (κ1) is 17.5. The van der Waals surface area contributed by atoms with Crippen molar-refractivity contribution in [1.82, 2.24) is 4.90 Å². The fraction of sp³-hybridized carbons (Fsp3) is 0.800. The molecule has 6 nitrogen and oxygen atoms in total. The Labute approximate surface area is 125 Å². The number of carbonyl (C=O) groups excluding carboxylic acids is 3. The minimum absolute atomic E-state index is 0.126. The summed E-state index contributed by atoms with van der Waals surface area (Å²) in [5.74, 6) is -1.09. The lowest BCUT2D eigenvalue weighted by molar-refractivity contribution is -0.149. The van der Waals surface area contributed by atoms with Crippen molar-refractivity contribution >= 4 is 17.8 Å². The van der Waals surface area contributed by atoms with Crippen LogP contribution in [0.2, 0.25) is 0 Å². The van der Waals surface area contributed by atoms with E-state index in [9.17, 15) is 14.4 Å². The van der Waals surface area contributed by atoms with Crippen molar-refractivity contribution in [3.8, 4) is 0 Å². The Bertz CT molecular complexity index is 363. The third-order valence-electron chi connectivity index (χ3n) is 3.55. The van der Waals surface area contributed by atoms with Gasteiger partial charge >= 0.3 is 11.9 Å². The van der Waals surface area contributed by atoms with Crippen LogP contribution < -0.4 is 0 Å². The summed E-state index contributed by atoms with van der Waals surface area (Å²) >= 11 is 0. The van der Waals surface area contributed by atoms with E-state index < -0.39 is 5.97 Å². The van der Waals surface area contributed by atoms with E-state index in [1.807, 2.05) is 0 Å². The molecule has 0 bridgehead atoms. The standard InChI is InChI=1S/C15H25NO5/c1-3-20-14(18)9-10-16(12-7-5-6-8-12)13(17)11-15(19)21-4-2/h12H,3-11H2,1-2H3. The summed E-state index contributed by atoms with van der Waals surface area (Å²) in [4.78, 5) is 36.8. The molecule has 0 atom stereocenters. The average molecular weight is 299 g/mol. The van der Waals surface area contributed by atoms with E-state index >= 15 is 0 Å². The molecule has 1 rings (SSSR count). The first-order valence-electron chi connectivity index (χ1n) is 7.69. The minimum atomic E-state index is -0.512. The Hall–Kier alpha value is -1.59. The molecule has 0 aromatic carbocycles. The Morgan fingerprint density at radius 2 is 1.57 bits per heavy atom. The first-order valence-corrected chi connectivity index (χ1v) is 7.69. The number of esters is 2. The molecule has 6 heteroatoms. The second-order valence-electron chi connectivity index (χ2n) is 5.06. The summed E-state index contributed by atoms with van der Waals surface area (Å²) in [7, 11) is 0. The molecule has 0 aliphatic heterocycles. The summed E-state index contributed by atoms with van der Waals surface area (Å²) in [6.07, 6.45) is 3.92. The largest absolute Gasteiger partial charge is 0.466 e. The Balaban J connectivity index is 2.56. The maximum atomic E-state index is 12.3. The molecule has 1 fully saturated rings. The van der Waals surface area contributed by atoms with E-state index in [-0.39, 0.29) is 37.4 Å². The number of amides is 1. The molecule has 1 aliphatic rings. The molecular weight excluding hydrogens is 274 g/mol. The van der Waals surface area contributed by atoms with Crippen LogP contribution in [-0.4, -0.2) is 48.5 Å². The molecule has 1 saturated carbocycles. The van der Waals surface area contributed by atoms with Crippen LogP contribution in [0, 0.1) is 0 Å². The van der Waals surface area contributed by atoms with Gasteiger partial charge in [-0.2, -0.15) is 0 Å². The monoisotopic (exact) mass is 299 g/mol. The SMILES string of the molecule is CCOC(=O)CCN(C(=O)CC(=O)OCC)C1CCCC1. The van der Waals surface area contributed by atoms with Crippen LogP contribution in [0.1, 0.15) is 52.4 Å². The van der Waals surface area contributed by atoms with Crippen molar-refractivity contribution < 1.29 is 23.9 Å². The van der Waals surface area contributed by atoms with E-state index in [4.69, 9.17) is 9.47 Å². The summed E-state index contributed by atoms with van der Waals surface area (Å²) in [5.41, 5.74) is 0. The van der Waals surface area contributed by atoms with Crippen molar-refractivity contribution in [1.29, 1.82) is 0 Å². The third-order valence-corrected chi connectivity index (χ3v) is 3.55. The van der Waals surface area contributed by atoms with E-state index in [1.165, 1.54) is 0 Å². The molecule has 0 spiro atoms. The van der Waals surface area contributed by atoms with Gasteiger partial charge in [-0.3, -0.25) is 14.4 Å². The lowest BCUT2D eigenvalue weighted by Crippen LogP contribution is -2.41. The third kappa shape index (κ3) is 6.14. The quantitative estimate of drug-likeness (QED) is 0.503. The van der Waals surface area contributed by atoms with Crippen LogP contribution >= 0.6 is 0 Å². The number of carbonyl (C=O) groups is 3. The van der Waals surface area contributed by atoms with Gasteiger partial charge in [0.2, 0.25) is 5.91 Å². The lowest BCUT2D eigenvalue weighted by Gasteiger charge is -2.28. The number of rotatable bonds is 8. The van der Waals surface area contributed by atoms with Gasteiger partial charge in [0.05, 0.1) is 19.6 Å². The zero-order valence-electron chi connectivity index (χ0n) is 12.9. The Morgan fingerprint density at radius 3 is 2.14 bits per heavy atom. The Morgan fingerprint density at radius 1 is 1.00 bits per heavy atom. The normalized spacial score (nSPS) is 14.8. The van der Waals surface area contributed by atoms with E-state index in [0.29, 0.717) is 13.2 Å². The highest BCUT2D eigenvalue weighted by atomic mass is 16.5. The van der Waals surface area contributed by atoms with Crippen molar-refractivity contribution in [3.63, 3.8) is 0 Å². The molecule has 120 valence electrons. The lowest BCUT2D eigenvalue weighted by atomic mass is 10.2. The molecule has 0 radical (unpaired) electrons. The molecule has 1 amide bonds. The highest BCUT2D eigenvalue weighted by Gasteiger charge is 2.28. The molecule has 0 aromatic rings. The van der Waals surface area contributed by atoms with Crippen molar-refractivity contribution in [2.45, 2.75) is 58.4 Å². The molecular formula is C15H25NO5. The second kappa shape index (κ2) is 9.37. The fourth-order valence-corrected chi connectivity index (χ4v) is 2.61. The van der Waals surface area contributed by atoms with Crippen molar-refractivity contribution in [2.75, 3.05) is 19.8 Å². The highest BCUT2D eigenvalue weighted by molar-refractivity contribution is 5.94. The predicted molar refractivity (Wildman–Crippen MR) is 76.5 cm³/mol. The predicted octanol–water partition coefficient (Wildman–Crippen LogP) is 1.66. The van der Waals surface area contributed by atoms with Crippen LogP contribution in [0.15, 0.2) is 0 Å². The average Bonchev–Trinajstić information content (AvgIpc) is 2.93. The van der Waals surface area contributed by atoms with E-state index in [0.717, 1.165) is 25.7 Å². The molecule has 21 heavy (non-hydrogen) atoms. The van der Waals surface area contributed by atoms with Gasteiger partial charge in [-0.25, -0.2) is 0 Å². The van der Waals surface area contributed by atoms with Gasteiger partial charge in [-0.1, -0.05) is 12.8 Å². The number of hydrogen-bond acceptors (Lipinski definition) is 5. The number of ether oxygens (including phenoxy) is 2. The van der Waals surface area contributed by atoms with Gasteiger partial charge < -0.3 is 14.4 Å². The summed E-state index contributed by atoms with van der Waals surface area (Å²) in [6.45, 7) is 4.36. The maximum Gasteiger partial charge on any atom is 0.315 e. The molecule has 0 aromatic heterocycles. The van der Waals surface area contributed by atoms with Crippen LogP contribution in [-0.2, 0) is 23.9 Å². The van der Waals surface area contributed by atoms with Gasteiger partial charge in [-0.15, -0.1) is 0 Å². The second-order valence-corrected chi connectivity index (χ2v) is 5.06. The van der Waals surface area contributed by atoms with Crippen LogP contribution in [0.3, 0.4) is 0 Å². The van der Waals surface area contributed by atoms with Crippen molar-refractivity contribution in [3.05, 3.63) is 0 Å². The molecule has 0 unspecified atom stereocenters. The van der Waals surface area contributed by atoms with Crippen LogP contribution in [0.4, 0.5) is 0 Å². The fourth-order valence-electron chi connectivity index (χ4n) is 2.61. The zero-order chi connectivity index (χ0) is 15.7. The van der Waals surface area contributed by atoms with E-state index in [2.05, 4.69) is 0 Å². The van der Waals surface area contributed by atoms with Gasteiger partial charge in [0.1, 0.15) is 6.42 Å². The zero-order valence-corrected chi connectivity index (χ0v) is 12.9. The summed E-state index contributed by atoms with van der Waals surface area (Å²) in [5, 5.41) is 0. The molecule has 0 N–H and O–H groups in total. The Kier molecular flexibility index (Phi) is 7.79. The number of hydrogen-bond donors (Lipinski definition) is 0. The topological polar surface area (TPSA) is 72.9 Å².